The predicted octanol–water partition coefficient (Wildman–Crippen LogP) is 5.99. The van der Waals surface area contributed by atoms with Crippen molar-refractivity contribution in [1.82, 2.24) is 0 Å². The highest BCUT2D eigenvalue weighted by atomic mass is 35.5. The van der Waals surface area contributed by atoms with Gasteiger partial charge in [-0.2, -0.15) is 0 Å². The second kappa shape index (κ2) is 6.60. The largest absolute Gasteiger partial charge is 0.497 e. The smallest absolute Gasteiger partial charge is 0.118 e. The minimum atomic E-state index is 0.724. The van der Waals surface area contributed by atoms with E-state index in [2.05, 4.69) is 12.5 Å². The molecule has 0 N–H and O–H groups in total. The molecule has 0 fully saturated rings. The first-order chi connectivity index (χ1) is 10.7. The molecule has 0 heterocycles. The third-order valence-electron chi connectivity index (χ3n) is 3.67. The van der Waals surface area contributed by atoms with Crippen molar-refractivity contribution in [2.24, 2.45) is 0 Å². The lowest BCUT2D eigenvalue weighted by atomic mass is 9.90. The molecule has 0 spiro atoms. The molecule has 1 aliphatic carbocycles. The van der Waals surface area contributed by atoms with Gasteiger partial charge in [0.1, 0.15) is 5.75 Å². The molecule has 0 saturated carbocycles. The zero-order valence-corrected chi connectivity index (χ0v) is 13.7. The Balaban J connectivity index is 1.98. The molecule has 2 aromatic carbocycles. The summed E-state index contributed by atoms with van der Waals surface area (Å²) in [7, 11) is 1.66. The quantitative estimate of drug-likeness (QED) is 0.671. The zero-order valence-electron chi connectivity index (χ0n) is 12.1. The fourth-order valence-corrected chi connectivity index (χ4v) is 3.01. The Morgan fingerprint density at radius 3 is 2.14 bits per heavy atom. The molecule has 111 valence electrons. The normalized spacial score (nSPS) is 14.8. The van der Waals surface area contributed by atoms with Gasteiger partial charge in [-0.25, -0.2) is 0 Å². The fourth-order valence-electron chi connectivity index (χ4n) is 2.51. The van der Waals surface area contributed by atoms with Crippen molar-refractivity contribution in [3.8, 4) is 5.75 Å². The van der Waals surface area contributed by atoms with Crippen LogP contribution in [-0.2, 0) is 0 Å². The molecule has 0 aromatic heterocycles. The molecular formula is C19H15Cl2O. The summed E-state index contributed by atoms with van der Waals surface area (Å²) in [5.41, 5.74) is 4.27. The average molecular weight is 330 g/mol. The van der Waals surface area contributed by atoms with Crippen LogP contribution in [0.3, 0.4) is 0 Å². The summed E-state index contributed by atoms with van der Waals surface area (Å²) in [6.45, 7) is 0. The number of methoxy groups -OCH3 is 1. The highest BCUT2D eigenvalue weighted by Gasteiger charge is 2.17. The van der Waals surface area contributed by atoms with Crippen LogP contribution in [0.1, 0.15) is 17.5 Å². The van der Waals surface area contributed by atoms with Gasteiger partial charge in [-0.1, -0.05) is 53.5 Å². The fraction of sp³-hybridized carbons (Fsp3) is 0.105. The van der Waals surface area contributed by atoms with Crippen LogP contribution in [0.4, 0.5) is 0 Å². The Bertz CT molecular complexity index is 725. The Labute approximate surface area is 140 Å². The van der Waals surface area contributed by atoms with Crippen LogP contribution in [-0.4, -0.2) is 7.11 Å². The minimum absolute atomic E-state index is 0.724. The highest BCUT2D eigenvalue weighted by Crippen LogP contribution is 2.39. The van der Waals surface area contributed by atoms with Gasteiger partial charge in [-0.3, -0.25) is 0 Å². The van der Waals surface area contributed by atoms with Crippen molar-refractivity contribution >= 4 is 34.3 Å². The maximum atomic E-state index is 6.65. The summed E-state index contributed by atoms with van der Waals surface area (Å²) in [4.78, 5) is 0. The molecule has 1 nitrogen and oxygen atoms in total. The molecule has 1 radical (unpaired) electrons. The Kier molecular flexibility index (Phi) is 4.56. The summed E-state index contributed by atoms with van der Waals surface area (Å²) >= 11 is 12.6. The molecular weight excluding hydrogens is 315 g/mol. The van der Waals surface area contributed by atoms with E-state index < -0.39 is 0 Å². The lowest BCUT2D eigenvalue weighted by Crippen LogP contribution is -1.98. The Hall–Kier alpha value is -1.70. The maximum absolute atomic E-state index is 6.65. The predicted molar refractivity (Wildman–Crippen MR) is 94.1 cm³/mol. The first-order valence-corrected chi connectivity index (χ1v) is 7.78. The molecule has 0 amide bonds. The molecule has 1 aliphatic rings. The van der Waals surface area contributed by atoms with E-state index in [1.54, 1.807) is 7.11 Å². The number of halogens is 2. The number of ether oxygens (including phenoxy) is 1. The monoisotopic (exact) mass is 329 g/mol. The molecule has 0 atom stereocenters. The highest BCUT2D eigenvalue weighted by molar-refractivity contribution is 6.41. The molecule has 0 saturated heterocycles. The molecule has 0 unspecified atom stereocenters. The van der Waals surface area contributed by atoms with Gasteiger partial charge in [-0.05, 0) is 59.4 Å². The van der Waals surface area contributed by atoms with Crippen LogP contribution in [0.15, 0.2) is 59.6 Å². The first-order valence-electron chi connectivity index (χ1n) is 7.03. The van der Waals surface area contributed by atoms with Crippen LogP contribution in [0.5, 0.6) is 5.75 Å². The SMILES string of the molecule is COc1ccc(C2=C(Cl)C(c3ccc(Cl)cc3)=CC[CH]2)cc1. The van der Waals surface area contributed by atoms with Crippen molar-refractivity contribution in [2.75, 3.05) is 7.11 Å². The Morgan fingerprint density at radius 1 is 0.864 bits per heavy atom. The van der Waals surface area contributed by atoms with Crippen molar-refractivity contribution < 1.29 is 4.74 Å². The van der Waals surface area contributed by atoms with E-state index in [0.717, 1.165) is 44.5 Å². The van der Waals surface area contributed by atoms with E-state index in [0.29, 0.717) is 0 Å². The molecule has 3 heteroatoms. The third-order valence-corrected chi connectivity index (χ3v) is 4.33. The molecule has 3 rings (SSSR count). The number of rotatable bonds is 3. The standard InChI is InChI=1S/C19H15Cl2O/c1-22-16-11-7-14(8-12-16)18-4-2-3-17(19(18)21)13-5-9-15(20)10-6-13/h3-12H,2H2,1H3. The van der Waals surface area contributed by atoms with Crippen LogP contribution < -0.4 is 4.74 Å². The lowest BCUT2D eigenvalue weighted by molar-refractivity contribution is 0.415. The van der Waals surface area contributed by atoms with Gasteiger partial charge in [0.05, 0.1) is 12.1 Å². The van der Waals surface area contributed by atoms with Crippen LogP contribution in [0.25, 0.3) is 11.1 Å². The van der Waals surface area contributed by atoms with Crippen molar-refractivity contribution in [1.29, 1.82) is 0 Å². The van der Waals surface area contributed by atoms with Gasteiger partial charge in [0.25, 0.3) is 0 Å². The summed E-state index contributed by atoms with van der Waals surface area (Å²) in [6.07, 6.45) is 5.14. The summed E-state index contributed by atoms with van der Waals surface area (Å²) in [5.74, 6) is 0.838. The van der Waals surface area contributed by atoms with Gasteiger partial charge in [0.2, 0.25) is 0 Å². The maximum Gasteiger partial charge on any atom is 0.118 e. The Morgan fingerprint density at radius 2 is 1.50 bits per heavy atom. The first kappa shape index (κ1) is 15.2. The number of benzene rings is 2. The van der Waals surface area contributed by atoms with Crippen LogP contribution in [0, 0.1) is 6.42 Å². The van der Waals surface area contributed by atoms with Crippen LogP contribution >= 0.6 is 23.2 Å². The summed E-state index contributed by atoms with van der Waals surface area (Å²) in [5, 5.41) is 1.49. The molecule has 22 heavy (non-hydrogen) atoms. The second-order valence-corrected chi connectivity index (χ2v) is 5.84. The van der Waals surface area contributed by atoms with Gasteiger partial charge in [0.15, 0.2) is 0 Å². The number of hydrogen-bond acceptors (Lipinski definition) is 1. The van der Waals surface area contributed by atoms with E-state index in [1.165, 1.54) is 0 Å². The topological polar surface area (TPSA) is 9.23 Å². The van der Waals surface area contributed by atoms with Crippen molar-refractivity contribution in [3.05, 3.63) is 82.2 Å². The summed E-state index contributed by atoms with van der Waals surface area (Å²) < 4.78 is 5.20. The molecule has 0 bridgehead atoms. The van der Waals surface area contributed by atoms with Crippen molar-refractivity contribution in [2.45, 2.75) is 6.42 Å². The third kappa shape index (κ3) is 3.06. The van der Waals surface area contributed by atoms with E-state index in [-0.39, 0.29) is 0 Å². The van der Waals surface area contributed by atoms with Gasteiger partial charge in [-0.15, -0.1) is 0 Å². The van der Waals surface area contributed by atoms with E-state index in [9.17, 15) is 0 Å². The molecule has 2 aromatic rings. The van der Waals surface area contributed by atoms with E-state index in [4.69, 9.17) is 27.9 Å². The average Bonchev–Trinajstić information content (AvgIpc) is 2.56. The van der Waals surface area contributed by atoms with Gasteiger partial charge in [0, 0.05) is 5.02 Å². The zero-order chi connectivity index (χ0) is 15.5. The molecule has 0 aliphatic heterocycles. The van der Waals surface area contributed by atoms with Crippen LogP contribution in [0.2, 0.25) is 5.02 Å². The number of allylic oxidation sites excluding steroid dienone is 4. The van der Waals surface area contributed by atoms with E-state index >= 15 is 0 Å². The van der Waals surface area contributed by atoms with Crippen molar-refractivity contribution in [3.63, 3.8) is 0 Å². The number of hydrogen-bond donors (Lipinski definition) is 0. The lowest BCUT2D eigenvalue weighted by Gasteiger charge is -2.18. The summed E-state index contributed by atoms with van der Waals surface area (Å²) in [6, 6.07) is 15.7. The minimum Gasteiger partial charge on any atom is -0.497 e. The van der Waals surface area contributed by atoms with E-state index in [1.807, 2.05) is 48.5 Å². The van der Waals surface area contributed by atoms with Gasteiger partial charge >= 0.3 is 0 Å². The second-order valence-electron chi connectivity index (χ2n) is 5.02. The van der Waals surface area contributed by atoms with Gasteiger partial charge < -0.3 is 4.74 Å².